The third-order valence-electron chi connectivity index (χ3n) is 2.27. The van der Waals surface area contributed by atoms with E-state index < -0.39 is 0 Å². The first-order valence-corrected chi connectivity index (χ1v) is 6.39. The predicted octanol–water partition coefficient (Wildman–Crippen LogP) is 2.93. The van der Waals surface area contributed by atoms with Gasteiger partial charge in [-0.3, -0.25) is 0 Å². The second-order valence-electron chi connectivity index (χ2n) is 3.47. The average molecular weight is 366 g/mol. The monoisotopic (exact) mass is 363 g/mol. The molecule has 1 aromatic carbocycles. The van der Waals surface area contributed by atoms with E-state index in [1.807, 2.05) is 6.92 Å². The van der Waals surface area contributed by atoms with Gasteiger partial charge in [-0.05, 0) is 12.1 Å². The maximum absolute atomic E-state index is 6.04. The Labute approximate surface area is 139 Å². The first-order valence-electron chi connectivity index (χ1n) is 5.22. The van der Waals surface area contributed by atoms with Gasteiger partial charge in [0.05, 0.1) is 11.2 Å². The minimum Gasteiger partial charge on any atom is -0.738 e. The van der Waals surface area contributed by atoms with Crippen molar-refractivity contribution in [1.29, 1.82) is 0 Å². The number of aromatic nitrogens is 3. The van der Waals surface area contributed by atoms with Crippen LogP contribution in [0.2, 0.25) is 10.0 Å². The van der Waals surface area contributed by atoms with Crippen molar-refractivity contribution in [3.05, 3.63) is 39.6 Å². The number of halogens is 2. The summed E-state index contributed by atoms with van der Waals surface area (Å²) in [6.45, 7) is 1.96. The van der Waals surface area contributed by atoms with Crippen molar-refractivity contribution in [2.75, 3.05) is 0 Å². The Morgan fingerprint density at radius 1 is 1.37 bits per heavy atom. The van der Waals surface area contributed by atoms with Crippen LogP contribution in [0.1, 0.15) is 18.3 Å². The summed E-state index contributed by atoms with van der Waals surface area (Å²) in [5.41, 5.74) is 0.756. The molecule has 1 aromatic heterocycles. The zero-order valence-electron chi connectivity index (χ0n) is 10.2. The van der Waals surface area contributed by atoms with E-state index in [2.05, 4.69) is 15.3 Å². The Morgan fingerprint density at radius 3 is 2.74 bits per heavy atom. The summed E-state index contributed by atoms with van der Waals surface area (Å²) in [4.78, 5) is 0. The first-order chi connectivity index (χ1) is 8.61. The molecule has 2 rings (SSSR count). The summed E-state index contributed by atoms with van der Waals surface area (Å²) in [5, 5.41) is 13.4. The number of hydrogen-bond acceptors (Lipinski definition) is 4. The molecule has 0 saturated heterocycles. The van der Waals surface area contributed by atoms with E-state index in [0.717, 1.165) is 5.56 Å². The Morgan fingerprint density at radius 2 is 2.11 bits per heavy atom. The standard InChI is InChI=1S/C11H10Cl2N4S.Zn/c1-2-10-15-16-11(18)17(10)14-6-7-3-4-8(12)5-9(7)13;/h3-6H,2H2,1H3,(H,16,18);/q;+2/p-1. The topological polar surface area (TPSA) is 43.1 Å². The van der Waals surface area contributed by atoms with Crippen molar-refractivity contribution < 1.29 is 19.5 Å². The molecule has 0 radical (unpaired) electrons. The fraction of sp³-hybridized carbons (Fsp3) is 0.182. The van der Waals surface area contributed by atoms with Gasteiger partial charge in [-0.1, -0.05) is 36.2 Å². The van der Waals surface area contributed by atoms with Crippen molar-refractivity contribution in [2.45, 2.75) is 18.5 Å². The summed E-state index contributed by atoms with van der Waals surface area (Å²) in [7, 11) is 0. The second kappa shape index (κ2) is 7.29. The maximum Gasteiger partial charge on any atom is 2.00 e. The Hall–Kier alpha value is -0.547. The summed E-state index contributed by atoms with van der Waals surface area (Å²) in [6, 6.07) is 5.19. The van der Waals surface area contributed by atoms with Crippen LogP contribution in [-0.2, 0) is 38.5 Å². The molecule has 4 nitrogen and oxygen atoms in total. The molecule has 8 heteroatoms. The summed E-state index contributed by atoms with van der Waals surface area (Å²) >= 11 is 16.9. The number of hydrogen-bond donors (Lipinski definition) is 0. The third kappa shape index (κ3) is 3.96. The van der Waals surface area contributed by atoms with E-state index in [9.17, 15) is 0 Å². The van der Waals surface area contributed by atoms with Crippen molar-refractivity contribution in [3.8, 4) is 0 Å². The molecule has 0 unspecified atom stereocenters. The molecule has 0 aliphatic rings. The van der Waals surface area contributed by atoms with E-state index in [1.165, 1.54) is 4.68 Å². The van der Waals surface area contributed by atoms with Crippen molar-refractivity contribution in [2.24, 2.45) is 5.10 Å². The summed E-state index contributed by atoms with van der Waals surface area (Å²) < 4.78 is 1.51. The van der Waals surface area contributed by atoms with Crippen molar-refractivity contribution in [1.82, 2.24) is 14.9 Å². The quantitative estimate of drug-likeness (QED) is 0.477. The fourth-order valence-corrected chi connectivity index (χ4v) is 2.01. The zero-order chi connectivity index (χ0) is 13.1. The van der Waals surface area contributed by atoms with Crippen LogP contribution in [0, 0.1) is 0 Å². The molecule has 0 aliphatic carbocycles. The molecule has 2 aromatic rings. The molecule has 0 fully saturated rings. The van der Waals surface area contributed by atoms with E-state index in [4.69, 9.17) is 35.8 Å². The van der Waals surface area contributed by atoms with Gasteiger partial charge >= 0.3 is 19.5 Å². The van der Waals surface area contributed by atoms with E-state index >= 15 is 0 Å². The van der Waals surface area contributed by atoms with Crippen LogP contribution in [0.3, 0.4) is 0 Å². The Kier molecular flexibility index (Phi) is 6.34. The van der Waals surface area contributed by atoms with Crippen molar-refractivity contribution >= 4 is 42.0 Å². The maximum atomic E-state index is 6.04. The molecular weight excluding hydrogens is 357 g/mol. The largest absolute Gasteiger partial charge is 2.00 e. The van der Waals surface area contributed by atoms with Gasteiger partial charge in [0.2, 0.25) is 0 Å². The molecule has 0 N–H and O–H groups in total. The molecule has 0 amide bonds. The number of rotatable bonds is 3. The molecule has 0 saturated carbocycles. The van der Waals surface area contributed by atoms with Gasteiger partial charge in [-0.2, -0.15) is 10.2 Å². The van der Waals surface area contributed by atoms with Crippen LogP contribution in [0.25, 0.3) is 0 Å². The second-order valence-corrected chi connectivity index (χ2v) is 4.68. The first kappa shape index (κ1) is 16.5. The Balaban J connectivity index is 0.00000180. The van der Waals surface area contributed by atoms with Gasteiger partial charge in [0.1, 0.15) is 0 Å². The van der Waals surface area contributed by atoms with Crippen LogP contribution < -0.4 is 0 Å². The average Bonchev–Trinajstić information content (AvgIpc) is 2.69. The van der Waals surface area contributed by atoms with Gasteiger partial charge in [0, 0.05) is 22.2 Å². The Bertz CT molecular complexity index is 600. The van der Waals surface area contributed by atoms with Crippen LogP contribution >= 0.6 is 23.2 Å². The summed E-state index contributed by atoms with van der Waals surface area (Å²) in [5.74, 6) is 0.710. The normalized spacial score (nSPS) is 10.7. The van der Waals surface area contributed by atoms with Crippen LogP contribution in [0.15, 0.2) is 28.5 Å². The van der Waals surface area contributed by atoms with E-state index in [1.54, 1.807) is 24.4 Å². The van der Waals surface area contributed by atoms with Gasteiger partial charge in [-0.15, -0.1) is 5.10 Å². The summed E-state index contributed by atoms with van der Waals surface area (Å²) in [6.07, 6.45) is 2.31. The molecule has 0 atom stereocenters. The van der Waals surface area contributed by atoms with Crippen LogP contribution in [0.4, 0.5) is 0 Å². The minimum absolute atomic E-state index is 0. The van der Waals surface area contributed by atoms with Crippen LogP contribution in [0.5, 0.6) is 0 Å². The number of nitrogens with zero attached hydrogens (tertiary/aromatic N) is 4. The molecule has 0 bridgehead atoms. The van der Waals surface area contributed by atoms with Gasteiger partial charge in [-0.25, -0.2) is 4.68 Å². The van der Waals surface area contributed by atoms with Gasteiger partial charge in [0.15, 0.2) is 5.82 Å². The fourth-order valence-electron chi connectivity index (χ4n) is 1.36. The number of benzene rings is 1. The molecular formula is C11H9Cl2N4SZn+. The van der Waals surface area contributed by atoms with Gasteiger partial charge < -0.3 is 12.6 Å². The number of aryl methyl sites for hydroxylation is 1. The predicted molar refractivity (Wildman–Crippen MR) is 74.5 cm³/mol. The minimum atomic E-state index is 0. The SMILES string of the molecule is CCc1nnc([S-])n1N=Cc1ccc(Cl)cc1Cl.[Zn+2]. The third-order valence-corrected chi connectivity index (χ3v) is 3.08. The molecule has 94 valence electrons. The molecule has 1 heterocycles. The van der Waals surface area contributed by atoms with E-state index in [-0.39, 0.29) is 19.5 Å². The zero-order valence-corrected chi connectivity index (χ0v) is 15.5. The molecule has 0 spiro atoms. The van der Waals surface area contributed by atoms with Gasteiger partial charge in [0.25, 0.3) is 0 Å². The molecule has 0 aliphatic heterocycles. The smallest absolute Gasteiger partial charge is 0.738 e. The molecule has 19 heavy (non-hydrogen) atoms. The van der Waals surface area contributed by atoms with Crippen LogP contribution in [-0.4, -0.2) is 21.1 Å². The van der Waals surface area contributed by atoms with Crippen molar-refractivity contribution in [3.63, 3.8) is 0 Å². The van der Waals surface area contributed by atoms with E-state index in [0.29, 0.717) is 27.4 Å².